The molecule has 1 heterocycles. The van der Waals surface area contributed by atoms with Crippen molar-refractivity contribution in [2.24, 2.45) is 10.9 Å². The van der Waals surface area contributed by atoms with Crippen LogP contribution in [-0.2, 0) is 9.47 Å². The maximum atomic E-state index is 5.88. The molecule has 1 unspecified atom stereocenters. The zero-order valence-corrected chi connectivity index (χ0v) is 19.9. The highest BCUT2D eigenvalue weighted by Crippen LogP contribution is 2.15. The molecule has 1 aromatic rings. The van der Waals surface area contributed by atoms with Gasteiger partial charge in [0.25, 0.3) is 0 Å². The van der Waals surface area contributed by atoms with Crippen LogP contribution in [0, 0.1) is 5.92 Å². The van der Waals surface area contributed by atoms with E-state index in [4.69, 9.17) is 25.8 Å². The van der Waals surface area contributed by atoms with Gasteiger partial charge in [0.05, 0.1) is 19.8 Å². The molecule has 160 valence electrons. The Labute approximate surface area is 191 Å². The van der Waals surface area contributed by atoms with Crippen LogP contribution in [0.25, 0.3) is 0 Å². The number of guanidine groups is 1. The second kappa shape index (κ2) is 15.1. The second-order valence-corrected chi connectivity index (χ2v) is 7.05. The molecule has 1 aromatic carbocycles. The van der Waals surface area contributed by atoms with E-state index in [0.717, 1.165) is 70.6 Å². The van der Waals surface area contributed by atoms with Crippen molar-refractivity contribution in [3.05, 3.63) is 29.3 Å². The quantitative estimate of drug-likeness (QED) is 0.207. The molecule has 0 aromatic heterocycles. The third-order valence-electron chi connectivity index (χ3n) is 4.29. The molecule has 1 atom stereocenters. The van der Waals surface area contributed by atoms with Crippen molar-refractivity contribution in [2.45, 2.75) is 19.8 Å². The largest absolute Gasteiger partial charge is 0.492 e. The van der Waals surface area contributed by atoms with Crippen molar-refractivity contribution < 1.29 is 14.2 Å². The SMILES string of the molecule is CCNC(=NCCCOCC1CCOC1)N(C)CCOc1ccc(Cl)cc1.I. The standard InChI is InChI=1S/C20H32ClN3O3.HI/c1-3-22-20(23-10-4-12-25-15-17-9-13-26-16-17)24(2)11-14-27-19-7-5-18(21)6-8-19;/h5-8,17H,3-4,9-16H2,1-2H3,(H,22,23);1H. The fourth-order valence-corrected chi connectivity index (χ4v) is 2.85. The van der Waals surface area contributed by atoms with E-state index in [1.54, 1.807) is 0 Å². The van der Waals surface area contributed by atoms with Gasteiger partial charge >= 0.3 is 0 Å². The Morgan fingerprint density at radius 3 is 2.79 bits per heavy atom. The van der Waals surface area contributed by atoms with Gasteiger partial charge in [-0.15, -0.1) is 24.0 Å². The number of ether oxygens (including phenoxy) is 3. The van der Waals surface area contributed by atoms with E-state index in [2.05, 4.69) is 22.1 Å². The maximum Gasteiger partial charge on any atom is 0.193 e. The number of nitrogens with one attached hydrogen (secondary N) is 1. The fraction of sp³-hybridized carbons (Fsp3) is 0.650. The number of hydrogen-bond acceptors (Lipinski definition) is 4. The smallest absolute Gasteiger partial charge is 0.193 e. The number of rotatable bonds is 11. The maximum absolute atomic E-state index is 5.88. The number of halogens is 2. The van der Waals surface area contributed by atoms with Crippen LogP contribution in [0.1, 0.15) is 19.8 Å². The third-order valence-corrected chi connectivity index (χ3v) is 4.54. The molecule has 0 bridgehead atoms. The van der Waals surface area contributed by atoms with E-state index in [9.17, 15) is 0 Å². The van der Waals surface area contributed by atoms with Crippen LogP contribution in [0.2, 0.25) is 5.02 Å². The number of likely N-dealkylation sites (N-methyl/N-ethyl adjacent to an activating group) is 1. The van der Waals surface area contributed by atoms with Crippen molar-refractivity contribution in [1.29, 1.82) is 0 Å². The van der Waals surface area contributed by atoms with Gasteiger partial charge in [0, 0.05) is 44.3 Å². The predicted octanol–water partition coefficient (Wildman–Crippen LogP) is 3.68. The Hall–Kier alpha value is -0.770. The molecule has 2 rings (SSSR count). The molecule has 1 aliphatic heterocycles. The minimum Gasteiger partial charge on any atom is -0.492 e. The van der Waals surface area contributed by atoms with Crippen LogP contribution >= 0.6 is 35.6 Å². The van der Waals surface area contributed by atoms with Gasteiger partial charge in [-0.05, 0) is 44.0 Å². The van der Waals surface area contributed by atoms with Crippen molar-refractivity contribution in [3.63, 3.8) is 0 Å². The minimum atomic E-state index is 0. The van der Waals surface area contributed by atoms with Crippen LogP contribution in [0.15, 0.2) is 29.3 Å². The van der Waals surface area contributed by atoms with Gasteiger partial charge < -0.3 is 24.4 Å². The first-order chi connectivity index (χ1) is 13.2. The highest BCUT2D eigenvalue weighted by molar-refractivity contribution is 14.0. The monoisotopic (exact) mass is 525 g/mol. The second-order valence-electron chi connectivity index (χ2n) is 6.62. The normalized spacial score (nSPS) is 16.5. The molecule has 0 amide bonds. The summed E-state index contributed by atoms with van der Waals surface area (Å²) in [6.45, 7) is 8.21. The molecule has 0 spiro atoms. The van der Waals surface area contributed by atoms with E-state index in [1.807, 2.05) is 31.3 Å². The predicted molar refractivity (Wildman–Crippen MR) is 125 cm³/mol. The summed E-state index contributed by atoms with van der Waals surface area (Å²) in [5, 5.41) is 4.03. The molecule has 1 saturated heterocycles. The molecule has 0 saturated carbocycles. The molecule has 0 aliphatic carbocycles. The van der Waals surface area contributed by atoms with Gasteiger partial charge in [0.15, 0.2) is 5.96 Å². The molecule has 8 heteroatoms. The van der Waals surface area contributed by atoms with E-state index in [1.165, 1.54) is 0 Å². The summed E-state index contributed by atoms with van der Waals surface area (Å²) in [4.78, 5) is 6.75. The summed E-state index contributed by atoms with van der Waals surface area (Å²) in [5.74, 6) is 2.28. The zero-order chi connectivity index (χ0) is 19.3. The summed E-state index contributed by atoms with van der Waals surface area (Å²) in [5.41, 5.74) is 0. The highest BCUT2D eigenvalue weighted by atomic mass is 127. The number of hydrogen-bond donors (Lipinski definition) is 1. The van der Waals surface area contributed by atoms with Crippen molar-refractivity contribution in [2.75, 3.05) is 59.7 Å². The van der Waals surface area contributed by atoms with Crippen LogP contribution in [-0.4, -0.2) is 70.6 Å². The lowest BCUT2D eigenvalue weighted by Crippen LogP contribution is -2.41. The average Bonchev–Trinajstić information content (AvgIpc) is 3.18. The Kier molecular flexibility index (Phi) is 13.6. The van der Waals surface area contributed by atoms with Gasteiger partial charge in [-0.1, -0.05) is 11.6 Å². The average molecular weight is 526 g/mol. The first kappa shape index (κ1) is 25.3. The Bertz CT molecular complexity index is 554. The number of nitrogens with zero attached hydrogens (tertiary/aromatic N) is 2. The van der Waals surface area contributed by atoms with Gasteiger partial charge in [0.2, 0.25) is 0 Å². The Balaban J connectivity index is 0.00000392. The summed E-state index contributed by atoms with van der Waals surface area (Å²) in [6, 6.07) is 7.40. The van der Waals surface area contributed by atoms with Gasteiger partial charge in [-0.2, -0.15) is 0 Å². The van der Waals surface area contributed by atoms with Crippen molar-refractivity contribution >= 4 is 41.5 Å². The third kappa shape index (κ3) is 10.1. The van der Waals surface area contributed by atoms with Crippen LogP contribution in [0.4, 0.5) is 0 Å². The van der Waals surface area contributed by atoms with Gasteiger partial charge in [-0.25, -0.2) is 0 Å². The number of aliphatic imine (C=N–C) groups is 1. The van der Waals surface area contributed by atoms with Crippen molar-refractivity contribution in [3.8, 4) is 5.75 Å². The fourth-order valence-electron chi connectivity index (χ4n) is 2.72. The number of benzene rings is 1. The Morgan fingerprint density at radius 1 is 1.32 bits per heavy atom. The molecule has 1 fully saturated rings. The first-order valence-electron chi connectivity index (χ1n) is 9.72. The molecule has 0 radical (unpaired) electrons. The lowest BCUT2D eigenvalue weighted by molar-refractivity contribution is 0.0893. The molecule has 1 aliphatic rings. The van der Waals surface area contributed by atoms with E-state index >= 15 is 0 Å². The minimum absolute atomic E-state index is 0. The first-order valence-corrected chi connectivity index (χ1v) is 10.1. The molecule has 1 N–H and O–H groups in total. The summed E-state index contributed by atoms with van der Waals surface area (Å²) in [7, 11) is 2.02. The van der Waals surface area contributed by atoms with Gasteiger partial charge in [0.1, 0.15) is 12.4 Å². The van der Waals surface area contributed by atoms with Gasteiger partial charge in [-0.3, -0.25) is 4.99 Å². The van der Waals surface area contributed by atoms with Crippen molar-refractivity contribution in [1.82, 2.24) is 10.2 Å². The molecule has 6 nitrogen and oxygen atoms in total. The molecular weight excluding hydrogens is 493 g/mol. The molecular formula is C20H33ClIN3O3. The molecule has 28 heavy (non-hydrogen) atoms. The summed E-state index contributed by atoms with van der Waals surface area (Å²) >= 11 is 5.88. The van der Waals surface area contributed by atoms with E-state index < -0.39 is 0 Å². The topological polar surface area (TPSA) is 55.3 Å². The lowest BCUT2D eigenvalue weighted by atomic mass is 10.1. The van der Waals surface area contributed by atoms with Crippen LogP contribution in [0.5, 0.6) is 5.75 Å². The van der Waals surface area contributed by atoms with Crippen LogP contribution < -0.4 is 10.1 Å². The summed E-state index contributed by atoms with van der Waals surface area (Å²) < 4.78 is 16.8. The lowest BCUT2D eigenvalue weighted by Gasteiger charge is -2.22. The highest BCUT2D eigenvalue weighted by Gasteiger charge is 2.15. The van der Waals surface area contributed by atoms with E-state index in [0.29, 0.717) is 17.5 Å². The van der Waals surface area contributed by atoms with E-state index in [-0.39, 0.29) is 24.0 Å². The zero-order valence-electron chi connectivity index (χ0n) is 16.9. The van der Waals surface area contributed by atoms with Crippen LogP contribution in [0.3, 0.4) is 0 Å². The summed E-state index contributed by atoms with van der Waals surface area (Å²) in [6.07, 6.45) is 2.03. The Morgan fingerprint density at radius 2 is 2.11 bits per heavy atom.